The van der Waals surface area contributed by atoms with Gasteiger partial charge in [-0.05, 0) is 61.7 Å². The average Bonchev–Trinajstić information content (AvgIpc) is 3.12. The summed E-state index contributed by atoms with van der Waals surface area (Å²) in [6.45, 7) is 16.9. The molecule has 3 aliphatic rings. The van der Waals surface area contributed by atoms with E-state index in [0.29, 0.717) is 5.70 Å². The summed E-state index contributed by atoms with van der Waals surface area (Å²) in [5.41, 5.74) is 2.37. The van der Waals surface area contributed by atoms with Crippen molar-refractivity contribution in [2.75, 3.05) is 6.61 Å². The lowest BCUT2D eigenvalue weighted by molar-refractivity contribution is -0.163. The molecule has 4 rings (SSSR count). The number of carbonyl (C=O) groups excluding carboxylic acids is 2. The van der Waals surface area contributed by atoms with Crippen molar-refractivity contribution in [3.63, 3.8) is 0 Å². The largest absolute Gasteiger partial charge is 0.457 e. The summed E-state index contributed by atoms with van der Waals surface area (Å²) in [4.78, 5) is 33.0. The number of β-lactam (4-membered cyclic amide) rings is 1. The molecule has 0 aromatic carbocycles. The SMILES string of the molecule is C=CCOC(=O)C1=C2[C@@H](/C=C/c3ccccn3)CCC[C@@H]2[C@@H]2[C@@H]([C@@H](C)O[Si](C)(C)C(C)(C)C)C(=O)N12. The molecule has 5 atom stereocenters. The van der Waals surface area contributed by atoms with Gasteiger partial charge >= 0.3 is 5.97 Å². The molecule has 36 heavy (non-hydrogen) atoms. The predicted molar refractivity (Wildman–Crippen MR) is 144 cm³/mol. The van der Waals surface area contributed by atoms with Crippen molar-refractivity contribution in [3.8, 4) is 0 Å². The normalized spacial score (nSPS) is 26.9. The molecule has 1 saturated heterocycles. The van der Waals surface area contributed by atoms with E-state index >= 15 is 0 Å². The van der Waals surface area contributed by atoms with Gasteiger partial charge in [-0.1, -0.05) is 52.0 Å². The minimum Gasteiger partial charge on any atom is -0.457 e. The molecule has 1 aliphatic carbocycles. The smallest absolute Gasteiger partial charge is 0.355 e. The monoisotopic (exact) mass is 508 g/mol. The number of amides is 1. The number of pyridine rings is 1. The molecule has 0 N–H and O–H groups in total. The quantitative estimate of drug-likeness (QED) is 0.194. The average molecular weight is 509 g/mol. The number of esters is 1. The van der Waals surface area contributed by atoms with E-state index in [1.165, 1.54) is 0 Å². The number of carbonyl (C=O) groups is 2. The number of ether oxygens (including phenoxy) is 1. The summed E-state index contributed by atoms with van der Waals surface area (Å²) in [6, 6.07) is 5.77. The van der Waals surface area contributed by atoms with Gasteiger partial charge in [-0.25, -0.2) is 4.79 Å². The maximum absolute atomic E-state index is 13.6. The second kappa shape index (κ2) is 10.1. The van der Waals surface area contributed by atoms with E-state index in [4.69, 9.17) is 9.16 Å². The van der Waals surface area contributed by atoms with Gasteiger partial charge < -0.3 is 14.1 Å². The van der Waals surface area contributed by atoms with Gasteiger partial charge in [-0.15, -0.1) is 0 Å². The van der Waals surface area contributed by atoms with E-state index in [9.17, 15) is 9.59 Å². The van der Waals surface area contributed by atoms with E-state index in [1.54, 1.807) is 17.2 Å². The number of hydrogen-bond acceptors (Lipinski definition) is 5. The van der Waals surface area contributed by atoms with Crippen molar-refractivity contribution < 1.29 is 18.8 Å². The number of fused-ring (bicyclic) bond motifs is 3. The Labute approximate surface area is 216 Å². The zero-order valence-corrected chi connectivity index (χ0v) is 23.5. The first-order valence-electron chi connectivity index (χ1n) is 13.1. The minimum atomic E-state index is -2.06. The fourth-order valence-electron chi connectivity index (χ4n) is 5.71. The fraction of sp³-hybridized carbons (Fsp3) is 0.552. The first kappa shape index (κ1) is 26.5. The highest BCUT2D eigenvalue weighted by Gasteiger charge is 2.63. The van der Waals surface area contributed by atoms with Crippen LogP contribution in [-0.4, -0.2) is 48.8 Å². The summed E-state index contributed by atoms with van der Waals surface area (Å²) in [7, 11) is -2.06. The first-order chi connectivity index (χ1) is 17.0. The highest BCUT2D eigenvalue weighted by Crippen LogP contribution is 2.55. The van der Waals surface area contributed by atoms with E-state index in [0.717, 1.165) is 30.5 Å². The molecule has 2 fully saturated rings. The van der Waals surface area contributed by atoms with Crippen LogP contribution in [0.3, 0.4) is 0 Å². The molecule has 3 heterocycles. The fourth-order valence-corrected chi connectivity index (χ4v) is 7.14. The molecular weight excluding hydrogens is 468 g/mol. The topological polar surface area (TPSA) is 68.7 Å². The van der Waals surface area contributed by atoms with Crippen LogP contribution < -0.4 is 0 Å². The Bertz CT molecular complexity index is 1070. The molecule has 7 heteroatoms. The summed E-state index contributed by atoms with van der Waals surface area (Å²) in [5.74, 6) is -0.502. The molecule has 0 spiro atoms. The predicted octanol–water partition coefficient (Wildman–Crippen LogP) is 5.75. The summed E-state index contributed by atoms with van der Waals surface area (Å²) >= 11 is 0. The number of rotatable bonds is 8. The number of hydrogen-bond donors (Lipinski definition) is 0. The van der Waals surface area contributed by atoms with Crippen molar-refractivity contribution in [1.29, 1.82) is 0 Å². The van der Waals surface area contributed by atoms with Crippen LogP contribution in [0, 0.1) is 17.8 Å². The van der Waals surface area contributed by atoms with E-state index in [1.807, 2.05) is 31.2 Å². The van der Waals surface area contributed by atoms with E-state index in [2.05, 4.69) is 51.5 Å². The van der Waals surface area contributed by atoms with Gasteiger partial charge in [0, 0.05) is 18.0 Å². The summed E-state index contributed by atoms with van der Waals surface area (Å²) < 4.78 is 12.2. The molecular formula is C29H40N2O4Si. The highest BCUT2D eigenvalue weighted by molar-refractivity contribution is 6.74. The van der Waals surface area contributed by atoms with Crippen LogP contribution in [0.15, 0.2) is 54.4 Å². The van der Waals surface area contributed by atoms with E-state index < -0.39 is 14.3 Å². The number of aromatic nitrogens is 1. The van der Waals surface area contributed by atoms with Gasteiger partial charge in [0.05, 0.1) is 23.8 Å². The number of allylic oxidation sites excluding steroid dienone is 1. The van der Waals surface area contributed by atoms with Gasteiger partial charge in [-0.3, -0.25) is 9.78 Å². The van der Waals surface area contributed by atoms with Gasteiger partial charge in [0.15, 0.2) is 8.32 Å². The summed E-state index contributed by atoms with van der Waals surface area (Å²) in [5, 5.41) is 0.0543. The van der Waals surface area contributed by atoms with Crippen molar-refractivity contribution in [3.05, 3.63) is 60.1 Å². The molecule has 6 nitrogen and oxygen atoms in total. The Morgan fingerprint density at radius 1 is 1.31 bits per heavy atom. The Morgan fingerprint density at radius 2 is 2.06 bits per heavy atom. The minimum absolute atomic E-state index is 0.0221. The number of nitrogens with zero attached hydrogens (tertiary/aromatic N) is 2. The molecule has 1 aromatic heterocycles. The van der Waals surface area contributed by atoms with Crippen LogP contribution in [0.5, 0.6) is 0 Å². The van der Waals surface area contributed by atoms with Gasteiger partial charge in [0.25, 0.3) is 0 Å². The zero-order chi connectivity index (χ0) is 26.3. The van der Waals surface area contributed by atoms with Crippen molar-refractivity contribution >= 4 is 26.3 Å². The van der Waals surface area contributed by atoms with Gasteiger partial charge in [0.1, 0.15) is 12.3 Å². The molecule has 2 aliphatic heterocycles. The van der Waals surface area contributed by atoms with E-state index in [-0.39, 0.29) is 47.5 Å². The lowest BCUT2D eigenvalue weighted by atomic mass is 9.69. The van der Waals surface area contributed by atoms with Crippen LogP contribution >= 0.6 is 0 Å². The second-order valence-electron chi connectivity index (χ2n) is 11.8. The van der Waals surface area contributed by atoms with Crippen LogP contribution in [0.2, 0.25) is 18.1 Å². The van der Waals surface area contributed by atoms with Crippen LogP contribution in [0.4, 0.5) is 0 Å². The Hall–Kier alpha value is -2.51. The molecule has 0 unspecified atom stereocenters. The maximum atomic E-state index is 13.6. The van der Waals surface area contributed by atoms with Gasteiger partial charge in [0.2, 0.25) is 5.91 Å². The van der Waals surface area contributed by atoms with Crippen LogP contribution in [0.1, 0.15) is 52.7 Å². The lowest BCUT2D eigenvalue weighted by Crippen LogP contribution is -2.65. The van der Waals surface area contributed by atoms with Crippen molar-refractivity contribution in [2.45, 2.75) is 77.2 Å². The van der Waals surface area contributed by atoms with Gasteiger partial charge in [-0.2, -0.15) is 0 Å². The Balaban J connectivity index is 1.66. The third-order valence-electron chi connectivity index (χ3n) is 8.45. The standard InChI is InChI=1S/C29H40N2O4Si/c1-8-18-34-28(33)26-24-20(15-16-21-13-9-10-17-30-21)12-11-14-22(24)25-23(27(32)31(25)26)19(2)35-36(6,7)29(3,4)5/h8-10,13,15-17,19-20,22-23,25H,1,11-12,14,18H2,2-7H3/b16-15+/t19-,20-,22+,23-,25-/m1/s1. The Kier molecular flexibility index (Phi) is 7.44. The van der Waals surface area contributed by atoms with Crippen LogP contribution in [-0.2, 0) is 18.8 Å². The molecule has 0 radical (unpaired) electrons. The molecule has 194 valence electrons. The Morgan fingerprint density at radius 3 is 2.69 bits per heavy atom. The van der Waals surface area contributed by atoms with Crippen molar-refractivity contribution in [1.82, 2.24) is 9.88 Å². The third-order valence-corrected chi connectivity index (χ3v) is 13.0. The zero-order valence-electron chi connectivity index (χ0n) is 22.5. The second-order valence-corrected chi connectivity index (χ2v) is 16.5. The first-order valence-corrected chi connectivity index (χ1v) is 16.0. The summed E-state index contributed by atoms with van der Waals surface area (Å²) in [6.07, 6.45) is 10.2. The van der Waals surface area contributed by atoms with Crippen LogP contribution in [0.25, 0.3) is 6.08 Å². The lowest BCUT2D eigenvalue weighted by Gasteiger charge is -2.51. The molecule has 1 saturated carbocycles. The molecule has 0 bridgehead atoms. The highest BCUT2D eigenvalue weighted by atomic mass is 28.4. The maximum Gasteiger partial charge on any atom is 0.355 e. The van der Waals surface area contributed by atoms with Crippen molar-refractivity contribution in [2.24, 2.45) is 17.8 Å². The third kappa shape index (κ3) is 4.75. The molecule has 1 aromatic rings. The molecule has 1 amide bonds.